The first-order chi connectivity index (χ1) is 16.4. The van der Waals surface area contributed by atoms with Crippen LogP contribution in [0.4, 0.5) is 4.39 Å². The van der Waals surface area contributed by atoms with Gasteiger partial charge in [0.05, 0.1) is 5.69 Å². The highest BCUT2D eigenvalue weighted by atomic mass is 32.2. The third-order valence-corrected chi connectivity index (χ3v) is 8.88. The maximum atomic E-state index is 13.2. The van der Waals surface area contributed by atoms with E-state index in [4.69, 9.17) is 0 Å². The molecule has 2 fully saturated rings. The Hall–Kier alpha value is -2.62. The van der Waals surface area contributed by atoms with Crippen LogP contribution in [-0.4, -0.2) is 35.3 Å². The van der Waals surface area contributed by atoms with Crippen LogP contribution in [0.25, 0.3) is 17.1 Å². The van der Waals surface area contributed by atoms with Crippen molar-refractivity contribution in [3.05, 3.63) is 65.7 Å². The molecule has 3 aliphatic carbocycles. The number of halogens is 1. The van der Waals surface area contributed by atoms with Crippen molar-refractivity contribution in [2.24, 2.45) is 11.8 Å². The van der Waals surface area contributed by atoms with E-state index in [1.165, 1.54) is 23.3 Å². The number of nitrogens with one attached hydrogen (secondary N) is 2. The van der Waals surface area contributed by atoms with Gasteiger partial charge in [-0.15, -0.1) is 5.10 Å². The second-order valence-electron chi connectivity index (χ2n) is 9.87. The molecule has 2 N–H and O–H groups in total. The summed E-state index contributed by atoms with van der Waals surface area (Å²) in [7, 11) is -3.49. The van der Waals surface area contributed by atoms with Crippen LogP contribution in [-0.2, 0) is 23.1 Å². The number of fused-ring (bicyclic) bond motifs is 3. The normalized spacial score (nSPS) is 24.4. The van der Waals surface area contributed by atoms with Crippen molar-refractivity contribution in [2.45, 2.75) is 57.0 Å². The maximum absolute atomic E-state index is 13.2. The highest BCUT2D eigenvalue weighted by Gasteiger charge is 2.41. The van der Waals surface area contributed by atoms with Gasteiger partial charge in [-0.25, -0.2) is 14.1 Å². The highest BCUT2D eigenvalue weighted by molar-refractivity contribution is 7.87. The van der Waals surface area contributed by atoms with Crippen molar-refractivity contribution in [1.29, 1.82) is 0 Å². The Bertz CT molecular complexity index is 1300. The molecule has 178 valence electrons. The molecule has 6 rings (SSSR count). The van der Waals surface area contributed by atoms with E-state index in [9.17, 15) is 12.8 Å². The van der Waals surface area contributed by atoms with E-state index in [0.717, 1.165) is 56.2 Å². The second-order valence-corrected chi connectivity index (χ2v) is 11.3. The average molecular weight is 482 g/mol. The molecule has 0 aliphatic heterocycles. The molecule has 0 amide bonds. The summed E-state index contributed by atoms with van der Waals surface area (Å²) in [5, 5.41) is 4.59. The first kappa shape index (κ1) is 21.9. The summed E-state index contributed by atoms with van der Waals surface area (Å²) in [6, 6.07) is 12.5. The first-order valence-electron chi connectivity index (χ1n) is 12.0. The summed E-state index contributed by atoms with van der Waals surface area (Å²) < 4.78 is 46.2. The van der Waals surface area contributed by atoms with E-state index in [2.05, 4.69) is 31.7 Å². The minimum atomic E-state index is -3.49. The van der Waals surface area contributed by atoms with E-state index < -0.39 is 10.2 Å². The standard InChI is InChI=1S/C25H28FN5O2S/c26-21-8-10-23(11-9-21)31-15-27-25(28-31)19-7-4-16-12-17-5-6-18(13-20(16)14-19)24(17)30-34(32,33)29-22-2-1-3-22/h4,7-11,14-15,17-18,22,24,29-30H,1-3,5-6,12-13H2/t17-,18+,24+/m0/s1. The van der Waals surface area contributed by atoms with E-state index in [-0.39, 0.29) is 23.8 Å². The van der Waals surface area contributed by atoms with Crippen molar-refractivity contribution in [2.75, 3.05) is 0 Å². The van der Waals surface area contributed by atoms with Gasteiger partial charge in [-0.3, -0.25) is 0 Å². The molecule has 0 spiro atoms. The minimum Gasteiger partial charge on any atom is -0.220 e. The molecule has 34 heavy (non-hydrogen) atoms. The van der Waals surface area contributed by atoms with Gasteiger partial charge < -0.3 is 0 Å². The lowest BCUT2D eigenvalue weighted by molar-refractivity contribution is 0.361. The number of aromatic nitrogens is 3. The zero-order valence-electron chi connectivity index (χ0n) is 18.8. The Balaban J connectivity index is 1.22. The molecular formula is C25H28FN5O2S. The van der Waals surface area contributed by atoms with Gasteiger partial charge in [-0.05, 0) is 91.8 Å². The Morgan fingerprint density at radius 1 is 0.912 bits per heavy atom. The molecule has 2 aromatic carbocycles. The first-order valence-corrected chi connectivity index (χ1v) is 13.5. The van der Waals surface area contributed by atoms with Gasteiger partial charge in [0.2, 0.25) is 0 Å². The maximum Gasteiger partial charge on any atom is 0.277 e. The van der Waals surface area contributed by atoms with E-state index in [1.54, 1.807) is 23.1 Å². The SMILES string of the molecule is O=S(=O)(NC1CCC1)N[C@H]1[C@@H]2CC[C@H]1Cc1ccc(-c3ncn(-c4ccc(F)cc4)n3)cc1C2. The van der Waals surface area contributed by atoms with Gasteiger partial charge >= 0.3 is 0 Å². The van der Waals surface area contributed by atoms with Crippen LogP contribution in [0.2, 0.25) is 0 Å². The van der Waals surface area contributed by atoms with E-state index in [0.29, 0.717) is 11.7 Å². The summed E-state index contributed by atoms with van der Waals surface area (Å²) in [5.74, 6) is 0.919. The number of hydrogen-bond donors (Lipinski definition) is 2. The number of rotatable bonds is 6. The predicted octanol–water partition coefficient (Wildman–Crippen LogP) is 3.54. The van der Waals surface area contributed by atoms with Gasteiger partial charge in [0.25, 0.3) is 10.2 Å². The molecule has 3 aromatic rings. The molecular weight excluding hydrogens is 453 g/mol. The lowest BCUT2D eigenvalue weighted by Crippen LogP contribution is -2.51. The van der Waals surface area contributed by atoms with Gasteiger partial charge in [0, 0.05) is 17.6 Å². The number of nitrogens with zero attached hydrogens (tertiary/aromatic N) is 3. The molecule has 0 saturated heterocycles. The summed E-state index contributed by atoms with van der Waals surface area (Å²) in [4.78, 5) is 4.47. The molecule has 0 radical (unpaired) electrons. The van der Waals surface area contributed by atoms with Crippen molar-refractivity contribution in [1.82, 2.24) is 24.2 Å². The van der Waals surface area contributed by atoms with Crippen LogP contribution in [0.15, 0.2) is 48.8 Å². The third kappa shape index (κ3) is 4.28. The van der Waals surface area contributed by atoms with E-state index in [1.807, 2.05) is 6.07 Å². The quantitative estimate of drug-likeness (QED) is 0.564. The molecule has 2 saturated carbocycles. The molecule has 7 nitrogen and oxygen atoms in total. The zero-order chi connectivity index (χ0) is 23.3. The van der Waals surface area contributed by atoms with Crippen LogP contribution < -0.4 is 9.44 Å². The number of benzene rings is 2. The topological polar surface area (TPSA) is 88.9 Å². The molecule has 2 bridgehead atoms. The molecule has 3 aliphatic rings. The Morgan fingerprint density at radius 2 is 1.65 bits per heavy atom. The Labute approximate surface area is 199 Å². The highest BCUT2D eigenvalue weighted by Crippen LogP contribution is 2.41. The van der Waals surface area contributed by atoms with Crippen LogP contribution in [0.3, 0.4) is 0 Å². The monoisotopic (exact) mass is 481 g/mol. The van der Waals surface area contributed by atoms with Crippen LogP contribution in [0, 0.1) is 17.7 Å². The molecule has 9 heteroatoms. The second kappa shape index (κ2) is 8.55. The van der Waals surface area contributed by atoms with Crippen molar-refractivity contribution >= 4 is 10.2 Å². The fourth-order valence-electron chi connectivity index (χ4n) is 5.61. The van der Waals surface area contributed by atoms with Gasteiger partial charge in [-0.1, -0.05) is 18.6 Å². The summed E-state index contributed by atoms with van der Waals surface area (Å²) in [6.45, 7) is 0. The van der Waals surface area contributed by atoms with E-state index >= 15 is 0 Å². The molecule has 1 heterocycles. The molecule has 1 aromatic heterocycles. The largest absolute Gasteiger partial charge is 0.277 e. The van der Waals surface area contributed by atoms with Crippen molar-refractivity contribution < 1.29 is 12.8 Å². The molecule has 3 atom stereocenters. The lowest BCUT2D eigenvalue weighted by atomic mass is 9.92. The third-order valence-electron chi connectivity index (χ3n) is 7.65. The van der Waals surface area contributed by atoms with Crippen LogP contribution in [0.1, 0.15) is 43.2 Å². The zero-order valence-corrected chi connectivity index (χ0v) is 19.6. The van der Waals surface area contributed by atoms with Crippen molar-refractivity contribution in [3.63, 3.8) is 0 Å². The van der Waals surface area contributed by atoms with Crippen LogP contribution in [0.5, 0.6) is 0 Å². The fraction of sp³-hybridized carbons (Fsp3) is 0.440. The van der Waals surface area contributed by atoms with Gasteiger partial charge in [0.1, 0.15) is 12.1 Å². The summed E-state index contributed by atoms with van der Waals surface area (Å²) in [5.41, 5.74) is 4.21. The van der Waals surface area contributed by atoms with Gasteiger partial charge in [0.15, 0.2) is 5.82 Å². The molecule has 0 unspecified atom stereocenters. The Kier molecular flexibility index (Phi) is 5.50. The van der Waals surface area contributed by atoms with Crippen molar-refractivity contribution in [3.8, 4) is 17.1 Å². The average Bonchev–Trinajstić information content (AvgIpc) is 3.36. The summed E-state index contributed by atoms with van der Waals surface area (Å²) >= 11 is 0. The predicted molar refractivity (Wildman–Crippen MR) is 127 cm³/mol. The minimum absolute atomic E-state index is 0.0377. The fourth-order valence-corrected chi connectivity index (χ4v) is 7.10. The van der Waals surface area contributed by atoms with Gasteiger partial charge in [-0.2, -0.15) is 17.9 Å². The smallest absolute Gasteiger partial charge is 0.220 e. The summed E-state index contributed by atoms with van der Waals surface area (Å²) in [6.07, 6.45) is 8.38. The number of hydrogen-bond acceptors (Lipinski definition) is 4. The Morgan fingerprint density at radius 3 is 2.35 bits per heavy atom. The lowest BCUT2D eigenvalue weighted by Gasteiger charge is -2.29. The van der Waals surface area contributed by atoms with Crippen LogP contribution >= 0.6 is 0 Å².